The number of methoxy groups -OCH3 is 1. The van der Waals surface area contributed by atoms with E-state index in [9.17, 15) is 0 Å². The Morgan fingerprint density at radius 3 is 2.94 bits per heavy atom. The van der Waals surface area contributed by atoms with Crippen LogP contribution in [-0.4, -0.2) is 36.4 Å². The quantitative estimate of drug-likeness (QED) is 0.432. The molecule has 7 heteroatoms. The number of hydrogen-bond acceptors (Lipinski definition) is 4. The molecule has 0 atom stereocenters. The van der Waals surface area contributed by atoms with Gasteiger partial charge in [0.05, 0.1) is 17.9 Å². The van der Waals surface area contributed by atoms with Gasteiger partial charge in [0.25, 0.3) is 0 Å². The Hall–Kier alpha value is -4.15. The van der Waals surface area contributed by atoms with Crippen LogP contribution in [-0.2, 0) is 17.9 Å². The van der Waals surface area contributed by atoms with Crippen molar-refractivity contribution < 1.29 is 4.74 Å². The van der Waals surface area contributed by atoms with E-state index in [0.29, 0.717) is 13.2 Å². The summed E-state index contributed by atoms with van der Waals surface area (Å²) in [7, 11) is 1.67. The molecule has 2 aromatic carbocycles. The first kappa shape index (κ1) is 18.6. The maximum atomic E-state index is 5.36. The Bertz CT molecular complexity index is 1540. The molecule has 1 aliphatic rings. The van der Waals surface area contributed by atoms with Crippen molar-refractivity contribution in [1.29, 1.82) is 0 Å². The minimum Gasteiger partial charge on any atom is -0.377 e. The molecule has 4 heterocycles. The summed E-state index contributed by atoms with van der Waals surface area (Å²) in [5, 5.41) is 10.0. The zero-order chi connectivity index (χ0) is 21.7. The van der Waals surface area contributed by atoms with Gasteiger partial charge in [-0.1, -0.05) is 17.6 Å². The van der Waals surface area contributed by atoms with Crippen molar-refractivity contribution in [3.63, 3.8) is 0 Å². The Morgan fingerprint density at radius 2 is 2.03 bits per heavy atom. The minimum absolute atomic E-state index is 0.389. The van der Waals surface area contributed by atoms with Gasteiger partial charge in [-0.2, -0.15) is 0 Å². The van der Waals surface area contributed by atoms with E-state index in [1.807, 2.05) is 30.7 Å². The Kier molecular flexibility index (Phi) is 4.20. The Balaban J connectivity index is 1.50. The van der Waals surface area contributed by atoms with E-state index >= 15 is 0 Å². The van der Waals surface area contributed by atoms with Gasteiger partial charge in [0.1, 0.15) is 18.6 Å². The van der Waals surface area contributed by atoms with Gasteiger partial charge in [-0.3, -0.25) is 4.57 Å². The molecule has 32 heavy (non-hydrogen) atoms. The van der Waals surface area contributed by atoms with Crippen LogP contribution >= 0.6 is 0 Å². The van der Waals surface area contributed by atoms with Gasteiger partial charge in [-0.25, -0.2) is 4.98 Å². The number of hydrogen-bond donors (Lipinski definition) is 1. The lowest BCUT2D eigenvalue weighted by Gasteiger charge is -2.08. The standard InChI is InChI=1S/C25H20N6O/c1-16-3-8-22-19(11-16)25-29-28-24(14-32-2)30(25)13-23-21(27-15-31(22)23)7-5-17-4-6-20-18(12-17)9-10-26-20/h3-4,6,8-12,15,26H,13-14H2,1-2H3. The molecule has 0 bridgehead atoms. The molecule has 1 aliphatic heterocycles. The normalized spacial score (nSPS) is 11.9. The number of nitrogens with zero attached hydrogens (tertiary/aromatic N) is 5. The number of aryl methyl sites for hydroxylation is 1. The number of benzene rings is 2. The van der Waals surface area contributed by atoms with Crippen LogP contribution in [0.4, 0.5) is 0 Å². The highest BCUT2D eigenvalue weighted by molar-refractivity contribution is 5.81. The van der Waals surface area contributed by atoms with Gasteiger partial charge < -0.3 is 14.3 Å². The molecule has 0 saturated carbocycles. The van der Waals surface area contributed by atoms with Crippen LogP contribution in [0.25, 0.3) is 28.0 Å². The molecule has 0 spiro atoms. The molecule has 0 aliphatic carbocycles. The zero-order valence-corrected chi connectivity index (χ0v) is 17.8. The average Bonchev–Trinajstić information content (AvgIpc) is 3.50. The van der Waals surface area contributed by atoms with E-state index in [1.54, 1.807) is 7.11 Å². The second kappa shape index (κ2) is 7.22. The second-order valence-corrected chi connectivity index (χ2v) is 7.92. The highest BCUT2D eigenvalue weighted by atomic mass is 16.5. The first-order chi connectivity index (χ1) is 15.7. The zero-order valence-electron chi connectivity index (χ0n) is 17.8. The third kappa shape index (κ3) is 2.93. The lowest BCUT2D eigenvalue weighted by atomic mass is 10.1. The monoisotopic (exact) mass is 420 g/mol. The molecule has 0 amide bonds. The predicted molar refractivity (Wildman–Crippen MR) is 121 cm³/mol. The van der Waals surface area contributed by atoms with E-state index in [-0.39, 0.29) is 0 Å². The number of nitrogens with one attached hydrogen (secondary N) is 1. The fraction of sp³-hybridized carbons (Fsp3) is 0.160. The molecule has 0 fully saturated rings. The molecule has 3 aromatic heterocycles. The summed E-state index contributed by atoms with van der Waals surface area (Å²) in [6.07, 6.45) is 3.78. The van der Waals surface area contributed by atoms with Crippen molar-refractivity contribution >= 4 is 10.9 Å². The van der Waals surface area contributed by atoms with Crippen LogP contribution in [0.1, 0.15) is 28.3 Å². The van der Waals surface area contributed by atoms with Crippen LogP contribution in [0.3, 0.4) is 0 Å². The summed E-state index contributed by atoms with van der Waals surface area (Å²) in [4.78, 5) is 7.87. The number of aromatic nitrogens is 6. The molecule has 6 rings (SSSR count). The molecular formula is C25H20N6O. The van der Waals surface area contributed by atoms with Crippen molar-refractivity contribution in [1.82, 2.24) is 29.3 Å². The first-order valence-electron chi connectivity index (χ1n) is 10.4. The number of imidazole rings is 1. The minimum atomic E-state index is 0.389. The van der Waals surface area contributed by atoms with Crippen LogP contribution in [0.2, 0.25) is 0 Å². The fourth-order valence-electron chi connectivity index (χ4n) is 4.22. The summed E-state index contributed by atoms with van der Waals surface area (Å²) < 4.78 is 9.57. The van der Waals surface area contributed by atoms with Gasteiger partial charge >= 0.3 is 0 Å². The summed E-state index contributed by atoms with van der Waals surface area (Å²) in [6.45, 7) is 3.03. The largest absolute Gasteiger partial charge is 0.377 e. The van der Waals surface area contributed by atoms with Gasteiger partial charge in [0, 0.05) is 35.3 Å². The van der Waals surface area contributed by atoms with Gasteiger partial charge in [0.15, 0.2) is 11.6 Å². The average molecular weight is 420 g/mol. The number of rotatable bonds is 2. The maximum Gasteiger partial charge on any atom is 0.166 e. The number of H-pyrrole nitrogens is 1. The molecule has 1 N–H and O–H groups in total. The van der Waals surface area contributed by atoms with E-state index in [2.05, 4.69) is 72.3 Å². The molecule has 0 radical (unpaired) electrons. The fourth-order valence-corrected chi connectivity index (χ4v) is 4.22. The molecule has 156 valence electrons. The Labute approximate surface area is 184 Å². The van der Waals surface area contributed by atoms with Crippen molar-refractivity contribution in [2.24, 2.45) is 0 Å². The molecular weight excluding hydrogens is 400 g/mol. The smallest absolute Gasteiger partial charge is 0.166 e. The highest BCUT2D eigenvalue weighted by Crippen LogP contribution is 2.33. The Morgan fingerprint density at radius 1 is 1.09 bits per heavy atom. The topological polar surface area (TPSA) is 73.6 Å². The van der Waals surface area contributed by atoms with Crippen molar-refractivity contribution in [2.45, 2.75) is 20.1 Å². The first-order valence-corrected chi connectivity index (χ1v) is 10.4. The van der Waals surface area contributed by atoms with Crippen LogP contribution in [0.15, 0.2) is 55.0 Å². The van der Waals surface area contributed by atoms with Gasteiger partial charge in [-0.05, 0) is 49.2 Å². The van der Waals surface area contributed by atoms with E-state index in [0.717, 1.165) is 56.3 Å². The number of aromatic amines is 1. The SMILES string of the molecule is COCc1nnc2n1Cc1c(C#Cc3ccc4[nH]ccc4c3)ncn1-c1ccc(C)cc1-2. The van der Waals surface area contributed by atoms with Crippen molar-refractivity contribution in [2.75, 3.05) is 7.11 Å². The highest BCUT2D eigenvalue weighted by Gasteiger charge is 2.25. The van der Waals surface area contributed by atoms with E-state index in [4.69, 9.17) is 4.74 Å². The number of fused-ring (bicyclic) bond motifs is 6. The lowest BCUT2D eigenvalue weighted by molar-refractivity contribution is 0.174. The third-order valence-corrected chi connectivity index (χ3v) is 5.81. The summed E-state index contributed by atoms with van der Waals surface area (Å²) >= 11 is 0. The molecule has 5 aromatic rings. The van der Waals surface area contributed by atoms with Gasteiger partial charge in [-0.15, -0.1) is 10.2 Å². The predicted octanol–water partition coefficient (Wildman–Crippen LogP) is 3.83. The van der Waals surface area contributed by atoms with Crippen LogP contribution in [0.5, 0.6) is 0 Å². The summed E-state index contributed by atoms with van der Waals surface area (Å²) in [6, 6.07) is 14.5. The van der Waals surface area contributed by atoms with Crippen LogP contribution in [0, 0.1) is 18.8 Å². The van der Waals surface area contributed by atoms with E-state index in [1.165, 1.54) is 0 Å². The second-order valence-electron chi connectivity index (χ2n) is 7.92. The summed E-state index contributed by atoms with van der Waals surface area (Å²) in [5.74, 6) is 8.19. The lowest BCUT2D eigenvalue weighted by Crippen LogP contribution is -2.09. The van der Waals surface area contributed by atoms with E-state index < -0.39 is 0 Å². The van der Waals surface area contributed by atoms with Crippen molar-refractivity contribution in [3.05, 3.63) is 83.3 Å². The maximum absolute atomic E-state index is 5.36. The summed E-state index contributed by atoms with van der Waals surface area (Å²) in [5.41, 5.74) is 7.01. The van der Waals surface area contributed by atoms with Gasteiger partial charge in [0.2, 0.25) is 0 Å². The molecule has 7 nitrogen and oxygen atoms in total. The molecule has 0 unspecified atom stereocenters. The van der Waals surface area contributed by atoms with Crippen molar-refractivity contribution in [3.8, 4) is 28.9 Å². The molecule has 0 saturated heterocycles. The van der Waals surface area contributed by atoms with Crippen LogP contribution < -0.4 is 0 Å². The third-order valence-electron chi connectivity index (χ3n) is 5.81. The number of ether oxygens (including phenoxy) is 1.